The first-order valence-electron chi connectivity index (χ1n) is 13.0. The van der Waals surface area contributed by atoms with E-state index in [-0.39, 0.29) is 80.7 Å². The SMILES string of the molecule is Oc1cc(O)c2c(c1)O[C@H](c1cc(O)c(O)cc1-c1c([C@H]3Oc4cc(O)cc(O)c4C[C@@H]3O)cc(O)c(O)c1O)[C@H](O)C2. The van der Waals surface area contributed by atoms with Crippen LogP contribution >= 0.6 is 0 Å². The molecule has 224 valence electrons. The Hall–Kier alpha value is -5.40. The Morgan fingerprint density at radius 3 is 1.49 bits per heavy atom. The molecular formula is C30H26O13. The van der Waals surface area contributed by atoms with Crippen LogP contribution in [-0.4, -0.2) is 68.4 Å². The largest absolute Gasteiger partial charge is 0.508 e. The van der Waals surface area contributed by atoms with Gasteiger partial charge in [0, 0.05) is 64.9 Å². The van der Waals surface area contributed by atoms with Crippen LogP contribution in [0.15, 0.2) is 42.5 Å². The average Bonchev–Trinajstić information content (AvgIpc) is 2.93. The first kappa shape index (κ1) is 27.8. The fourth-order valence-electron chi connectivity index (χ4n) is 5.67. The molecule has 13 heteroatoms. The number of ether oxygens (including phenoxy) is 2. The van der Waals surface area contributed by atoms with Gasteiger partial charge in [-0.2, -0.15) is 0 Å². The van der Waals surface area contributed by atoms with E-state index in [1.54, 1.807) is 0 Å². The third-order valence-electron chi connectivity index (χ3n) is 7.69. The summed E-state index contributed by atoms with van der Waals surface area (Å²) in [5.41, 5.74) is -0.212. The zero-order chi connectivity index (χ0) is 30.9. The standard InChI is InChI=1S/C30H26O13/c31-10-1-17(33)14-7-22(38)29(42-24(14)3-10)13-6-20(36)19(35)5-12(13)26-16(9-21(37)27(40)28(26)41)30-23(39)8-15-18(34)2-11(32)4-25(15)43-30/h1-6,9,22-23,29-41H,7-8H2/t22-,23+,29-,30-/m1/s1. The third-order valence-corrected chi connectivity index (χ3v) is 7.69. The molecule has 6 rings (SSSR count). The van der Waals surface area contributed by atoms with Crippen molar-refractivity contribution in [3.8, 4) is 74.4 Å². The zero-order valence-electron chi connectivity index (χ0n) is 22.0. The summed E-state index contributed by atoms with van der Waals surface area (Å²) < 4.78 is 11.8. The Bertz CT molecular complexity index is 1780. The normalized spacial score (nSPS) is 20.9. The van der Waals surface area contributed by atoms with Gasteiger partial charge in [-0.15, -0.1) is 0 Å². The van der Waals surface area contributed by atoms with Crippen LogP contribution in [0.4, 0.5) is 0 Å². The van der Waals surface area contributed by atoms with Crippen molar-refractivity contribution in [1.82, 2.24) is 0 Å². The van der Waals surface area contributed by atoms with E-state index in [0.29, 0.717) is 0 Å². The Morgan fingerprint density at radius 1 is 0.488 bits per heavy atom. The average molecular weight is 595 g/mol. The molecule has 0 aromatic heterocycles. The summed E-state index contributed by atoms with van der Waals surface area (Å²) in [6, 6.07) is 7.59. The highest BCUT2D eigenvalue weighted by Gasteiger charge is 2.39. The van der Waals surface area contributed by atoms with Gasteiger partial charge in [0.2, 0.25) is 5.75 Å². The number of rotatable bonds is 3. The number of aromatic hydroxyl groups is 9. The summed E-state index contributed by atoms with van der Waals surface area (Å²) in [5, 5.41) is 116. The molecule has 0 unspecified atom stereocenters. The number of benzene rings is 4. The molecule has 2 aliphatic rings. The minimum Gasteiger partial charge on any atom is -0.508 e. The number of phenolic OH excluding ortho intramolecular Hbond substituents is 9. The van der Waals surface area contributed by atoms with E-state index < -0.39 is 53.2 Å². The van der Waals surface area contributed by atoms with Gasteiger partial charge in [-0.25, -0.2) is 0 Å². The maximum atomic E-state index is 11.2. The molecule has 2 heterocycles. The van der Waals surface area contributed by atoms with Crippen molar-refractivity contribution in [3.05, 3.63) is 64.7 Å². The number of hydrogen-bond acceptors (Lipinski definition) is 13. The highest BCUT2D eigenvalue weighted by molar-refractivity contribution is 5.83. The lowest BCUT2D eigenvalue weighted by atomic mass is 9.84. The van der Waals surface area contributed by atoms with Crippen LogP contribution in [0.5, 0.6) is 63.2 Å². The van der Waals surface area contributed by atoms with E-state index >= 15 is 0 Å². The van der Waals surface area contributed by atoms with Gasteiger partial charge in [0.25, 0.3) is 0 Å². The van der Waals surface area contributed by atoms with Gasteiger partial charge < -0.3 is 65.6 Å². The topological polar surface area (TPSA) is 241 Å². The number of aliphatic hydroxyl groups is 2. The summed E-state index contributed by atoms with van der Waals surface area (Å²) >= 11 is 0. The van der Waals surface area contributed by atoms with Gasteiger partial charge in [-0.3, -0.25) is 0 Å². The molecule has 4 aromatic carbocycles. The van der Waals surface area contributed by atoms with Crippen LogP contribution in [0, 0.1) is 0 Å². The Kier molecular flexibility index (Phi) is 6.36. The first-order chi connectivity index (χ1) is 20.3. The lowest BCUT2D eigenvalue weighted by Gasteiger charge is -2.35. The quantitative estimate of drug-likeness (QED) is 0.153. The monoisotopic (exact) mass is 594 g/mol. The lowest BCUT2D eigenvalue weighted by molar-refractivity contribution is 0.0189. The van der Waals surface area contributed by atoms with Crippen molar-refractivity contribution < 1.29 is 65.6 Å². The molecule has 0 fully saturated rings. The minimum atomic E-state index is -1.41. The Labute approximate surface area is 242 Å². The number of phenols is 9. The van der Waals surface area contributed by atoms with Crippen LogP contribution < -0.4 is 9.47 Å². The maximum Gasteiger partial charge on any atom is 0.200 e. The Morgan fingerprint density at radius 2 is 0.953 bits per heavy atom. The smallest absolute Gasteiger partial charge is 0.200 e. The summed E-state index contributed by atoms with van der Waals surface area (Å²) in [6.07, 6.45) is -5.87. The molecule has 0 spiro atoms. The predicted octanol–water partition coefficient (Wildman–Crippen LogP) is 2.78. The second-order valence-electron chi connectivity index (χ2n) is 10.5. The van der Waals surface area contributed by atoms with Crippen molar-refractivity contribution >= 4 is 0 Å². The molecule has 0 radical (unpaired) electrons. The molecule has 0 bridgehead atoms. The van der Waals surface area contributed by atoms with Crippen molar-refractivity contribution in [2.75, 3.05) is 0 Å². The minimum absolute atomic E-state index is 0.00609. The van der Waals surface area contributed by atoms with E-state index in [1.165, 1.54) is 12.1 Å². The third kappa shape index (κ3) is 4.51. The predicted molar refractivity (Wildman–Crippen MR) is 146 cm³/mol. The zero-order valence-corrected chi connectivity index (χ0v) is 22.0. The molecule has 0 saturated heterocycles. The van der Waals surface area contributed by atoms with Gasteiger partial charge in [-0.1, -0.05) is 0 Å². The second kappa shape index (κ2) is 9.86. The van der Waals surface area contributed by atoms with E-state index in [1.807, 2.05) is 0 Å². The molecular weight excluding hydrogens is 568 g/mol. The first-order valence-corrected chi connectivity index (χ1v) is 13.0. The van der Waals surface area contributed by atoms with Crippen LogP contribution in [0.1, 0.15) is 34.5 Å². The summed E-state index contributed by atoms with van der Waals surface area (Å²) in [7, 11) is 0. The van der Waals surface area contributed by atoms with Gasteiger partial charge in [-0.05, 0) is 23.8 Å². The summed E-state index contributed by atoms with van der Waals surface area (Å²) in [5.74, 6) is -5.34. The van der Waals surface area contributed by atoms with Crippen LogP contribution in [0.25, 0.3) is 11.1 Å². The lowest BCUT2D eigenvalue weighted by Crippen LogP contribution is -2.32. The molecule has 0 amide bonds. The second-order valence-corrected chi connectivity index (χ2v) is 10.5. The van der Waals surface area contributed by atoms with Gasteiger partial charge >= 0.3 is 0 Å². The van der Waals surface area contributed by atoms with Crippen LogP contribution in [-0.2, 0) is 12.8 Å². The fourth-order valence-corrected chi connectivity index (χ4v) is 5.67. The fraction of sp³-hybridized carbons (Fsp3) is 0.200. The molecule has 11 N–H and O–H groups in total. The van der Waals surface area contributed by atoms with E-state index in [4.69, 9.17) is 9.47 Å². The summed E-state index contributed by atoms with van der Waals surface area (Å²) in [4.78, 5) is 0. The maximum absolute atomic E-state index is 11.2. The van der Waals surface area contributed by atoms with Crippen molar-refractivity contribution in [2.24, 2.45) is 0 Å². The number of hydrogen-bond donors (Lipinski definition) is 11. The highest BCUT2D eigenvalue weighted by Crippen LogP contribution is 2.54. The number of fused-ring (bicyclic) bond motifs is 2. The van der Waals surface area contributed by atoms with Crippen molar-refractivity contribution in [1.29, 1.82) is 0 Å². The Balaban J connectivity index is 1.55. The van der Waals surface area contributed by atoms with E-state index in [2.05, 4.69) is 0 Å². The molecule has 13 nitrogen and oxygen atoms in total. The van der Waals surface area contributed by atoms with E-state index in [0.717, 1.165) is 30.3 Å². The van der Waals surface area contributed by atoms with Gasteiger partial charge in [0.05, 0.1) is 12.2 Å². The van der Waals surface area contributed by atoms with Crippen LogP contribution in [0.2, 0.25) is 0 Å². The van der Waals surface area contributed by atoms with Crippen molar-refractivity contribution in [2.45, 2.75) is 37.3 Å². The molecule has 4 atom stereocenters. The molecule has 0 aliphatic carbocycles. The highest BCUT2D eigenvalue weighted by atomic mass is 16.5. The molecule has 0 saturated carbocycles. The van der Waals surface area contributed by atoms with Crippen molar-refractivity contribution in [3.63, 3.8) is 0 Å². The van der Waals surface area contributed by atoms with Gasteiger partial charge in [0.15, 0.2) is 35.2 Å². The number of aliphatic hydroxyl groups excluding tert-OH is 2. The van der Waals surface area contributed by atoms with Gasteiger partial charge in [0.1, 0.15) is 34.5 Å². The molecule has 2 aliphatic heterocycles. The molecule has 4 aromatic rings. The molecule has 43 heavy (non-hydrogen) atoms. The summed E-state index contributed by atoms with van der Waals surface area (Å²) in [6.45, 7) is 0. The van der Waals surface area contributed by atoms with E-state index in [9.17, 15) is 56.2 Å². The van der Waals surface area contributed by atoms with Crippen LogP contribution in [0.3, 0.4) is 0 Å².